The SMILES string of the molecule is COc1cc(Br)c2c3c1O[C@H]1C[C@@H](O)C=CC31CC[N+](C)(CCN1CCCC1)C2. The Kier molecular flexibility index (Phi) is 4.97. The summed E-state index contributed by atoms with van der Waals surface area (Å²) in [6.45, 7) is 6.95. The lowest BCUT2D eigenvalue weighted by molar-refractivity contribution is -0.922. The van der Waals surface area contributed by atoms with Crippen molar-refractivity contribution in [2.24, 2.45) is 0 Å². The molecule has 1 spiro atoms. The van der Waals surface area contributed by atoms with Gasteiger partial charge in [0.05, 0.1) is 38.8 Å². The van der Waals surface area contributed by atoms with Crippen LogP contribution in [0.15, 0.2) is 22.7 Å². The molecule has 1 aliphatic carbocycles. The molecule has 1 N–H and O–H groups in total. The number of methoxy groups -OCH3 is 1. The lowest BCUT2D eigenvalue weighted by Crippen LogP contribution is -2.49. The highest BCUT2D eigenvalue weighted by atomic mass is 79.9. The van der Waals surface area contributed by atoms with Gasteiger partial charge in [-0.1, -0.05) is 28.1 Å². The Morgan fingerprint density at radius 3 is 2.93 bits per heavy atom. The first-order chi connectivity index (χ1) is 13.9. The molecule has 1 saturated heterocycles. The monoisotopic (exact) mass is 463 g/mol. The highest BCUT2D eigenvalue weighted by Crippen LogP contribution is 2.57. The van der Waals surface area contributed by atoms with Gasteiger partial charge in [-0.2, -0.15) is 0 Å². The molecule has 5 rings (SSSR count). The van der Waals surface area contributed by atoms with E-state index in [-0.39, 0.29) is 11.5 Å². The molecule has 3 heterocycles. The number of nitrogens with zero attached hydrogens (tertiary/aromatic N) is 2. The summed E-state index contributed by atoms with van der Waals surface area (Å²) in [6.07, 6.45) is 8.13. The Hall–Kier alpha value is -1.08. The zero-order valence-corrected chi connectivity index (χ0v) is 19.1. The van der Waals surface area contributed by atoms with Gasteiger partial charge >= 0.3 is 0 Å². The second-order valence-corrected chi connectivity index (χ2v) is 10.4. The maximum Gasteiger partial charge on any atom is 0.166 e. The molecule has 0 amide bonds. The summed E-state index contributed by atoms with van der Waals surface area (Å²) < 4.78 is 14.3. The summed E-state index contributed by atoms with van der Waals surface area (Å²) in [5.41, 5.74) is 2.48. The van der Waals surface area contributed by atoms with Crippen molar-refractivity contribution in [3.05, 3.63) is 33.8 Å². The molecule has 6 heteroatoms. The highest BCUT2D eigenvalue weighted by Gasteiger charge is 2.55. The quantitative estimate of drug-likeness (QED) is 0.549. The zero-order valence-electron chi connectivity index (χ0n) is 17.5. The van der Waals surface area contributed by atoms with E-state index in [9.17, 15) is 5.11 Å². The van der Waals surface area contributed by atoms with Crippen LogP contribution < -0.4 is 9.47 Å². The summed E-state index contributed by atoms with van der Waals surface area (Å²) in [5.74, 6) is 1.68. The van der Waals surface area contributed by atoms with Gasteiger partial charge in [-0.3, -0.25) is 4.90 Å². The fourth-order valence-corrected chi connectivity index (χ4v) is 6.40. The number of aliphatic hydroxyl groups excluding tert-OH is 1. The minimum Gasteiger partial charge on any atom is -0.493 e. The van der Waals surface area contributed by atoms with Gasteiger partial charge in [-0.25, -0.2) is 0 Å². The lowest BCUT2D eigenvalue weighted by atomic mass is 9.69. The first-order valence-electron chi connectivity index (χ1n) is 10.9. The van der Waals surface area contributed by atoms with E-state index in [1.807, 2.05) is 6.08 Å². The molecule has 0 saturated carbocycles. The standard InChI is InChI=1S/C23H32BrN2O3/c1-26(12-10-25-8-3-4-9-25)11-7-23-6-5-16(27)13-20(23)29-22-19(28-2)14-18(24)17(15-26)21(22)23/h5-6,14,16,20,27H,3-4,7-13,15H2,1-2H3/q+1/t16-,20-,23?,26?/m0/s1. The van der Waals surface area contributed by atoms with Crippen molar-refractivity contribution in [3.63, 3.8) is 0 Å². The topological polar surface area (TPSA) is 41.9 Å². The van der Waals surface area contributed by atoms with E-state index in [1.54, 1.807) is 7.11 Å². The third kappa shape index (κ3) is 3.23. The predicted molar refractivity (Wildman–Crippen MR) is 116 cm³/mol. The minimum atomic E-state index is -0.433. The Labute approximate surface area is 182 Å². The normalized spacial score (nSPS) is 35.7. The second-order valence-electron chi connectivity index (χ2n) is 9.58. The molecule has 1 aromatic carbocycles. The summed E-state index contributed by atoms with van der Waals surface area (Å²) in [6, 6.07) is 2.06. The molecule has 3 aliphatic heterocycles. The summed E-state index contributed by atoms with van der Waals surface area (Å²) in [5, 5.41) is 10.3. The largest absolute Gasteiger partial charge is 0.493 e. The third-order valence-corrected chi connectivity index (χ3v) is 8.36. The predicted octanol–water partition coefficient (Wildman–Crippen LogP) is 3.22. The maximum atomic E-state index is 10.3. The van der Waals surface area contributed by atoms with Gasteiger partial charge in [0.25, 0.3) is 0 Å². The average molecular weight is 464 g/mol. The van der Waals surface area contributed by atoms with Gasteiger partial charge in [-0.05, 0) is 32.0 Å². The van der Waals surface area contributed by atoms with Gasteiger partial charge in [0.1, 0.15) is 12.6 Å². The Bertz CT molecular complexity index is 838. The van der Waals surface area contributed by atoms with Crippen LogP contribution in [0.3, 0.4) is 0 Å². The van der Waals surface area contributed by atoms with Gasteiger partial charge in [0.2, 0.25) is 0 Å². The van der Waals surface area contributed by atoms with Crippen LogP contribution in [0.25, 0.3) is 0 Å². The molecule has 5 nitrogen and oxygen atoms in total. The van der Waals surface area contributed by atoms with Gasteiger partial charge < -0.3 is 19.1 Å². The lowest BCUT2D eigenvalue weighted by Gasteiger charge is -2.38. The van der Waals surface area contributed by atoms with E-state index < -0.39 is 6.10 Å². The highest BCUT2D eigenvalue weighted by molar-refractivity contribution is 9.10. The van der Waals surface area contributed by atoms with Crippen molar-refractivity contribution in [2.45, 2.75) is 49.9 Å². The number of aliphatic hydroxyl groups is 1. The molecule has 0 aromatic heterocycles. The molecule has 1 fully saturated rings. The Morgan fingerprint density at radius 1 is 1.38 bits per heavy atom. The Balaban J connectivity index is 1.56. The molecule has 0 radical (unpaired) electrons. The fraction of sp³-hybridized carbons (Fsp3) is 0.652. The number of rotatable bonds is 4. The van der Waals surface area contributed by atoms with Crippen LogP contribution in [0.4, 0.5) is 0 Å². The van der Waals surface area contributed by atoms with Gasteiger partial charge in [0.15, 0.2) is 11.5 Å². The van der Waals surface area contributed by atoms with Crippen LogP contribution in [-0.2, 0) is 12.0 Å². The fourth-order valence-electron chi connectivity index (χ4n) is 5.87. The number of likely N-dealkylation sites (tertiary alicyclic amines) is 1. The van der Waals surface area contributed by atoms with Crippen molar-refractivity contribution in [2.75, 3.05) is 46.9 Å². The van der Waals surface area contributed by atoms with Crippen LogP contribution in [0.1, 0.15) is 36.8 Å². The van der Waals surface area contributed by atoms with E-state index >= 15 is 0 Å². The van der Waals surface area contributed by atoms with Crippen LogP contribution in [0, 0.1) is 0 Å². The second kappa shape index (κ2) is 7.26. The number of hydrogen-bond donors (Lipinski definition) is 1. The number of hydrogen-bond acceptors (Lipinski definition) is 4. The molecule has 29 heavy (non-hydrogen) atoms. The minimum absolute atomic E-state index is 0.0235. The first-order valence-corrected chi connectivity index (χ1v) is 11.7. The first kappa shape index (κ1) is 19.9. The number of likely N-dealkylation sites (N-methyl/N-ethyl adjacent to an activating group) is 1. The summed E-state index contributed by atoms with van der Waals surface area (Å²) in [7, 11) is 4.12. The van der Waals surface area contributed by atoms with Crippen molar-refractivity contribution >= 4 is 15.9 Å². The molecule has 0 bridgehead atoms. The summed E-state index contributed by atoms with van der Waals surface area (Å²) >= 11 is 3.86. The number of quaternary nitrogens is 1. The molecule has 4 aliphatic rings. The van der Waals surface area contributed by atoms with Crippen LogP contribution in [-0.4, -0.2) is 73.6 Å². The van der Waals surface area contributed by atoms with Crippen LogP contribution in [0.2, 0.25) is 0 Å². The van der Waals surface area contributed by atoms with E-state index in [2.05, 4.69) is 40.0 Å². The molecule has 4 atom stereocenters. The van der Waals surface area contributed by atoms with Crippen molar-refractivity contribution in [3.8, 4) is 11.5 Å². The maximum absolute atomic E-state index is 10.3. The third-order valence-electron chi connectivity index (χ3n) is 7.65. The molecular weight excluding hydrogens is 432 g/mol. The van der Waals surface area contributed by atoms with E-state index in [0.29, 0.717) is 6.42 Å². The Morgan fingerprint density at radius 2 is 2.17 bits per heavy atom. The van der Waals surface area contributed by atoms with Gasteiger partial charge in [-0.15, -0.1) is 0 Å². The van der Waals surface area contributed by atoms with Gasteiger partial charge in [0, 0.05) is 35.0 Å². The van der Waals surface area contributed by atoms with Crippen molar-refractivity contribution < 1.29 is 19.1 Å². The average Bonchev–Trinajstić information content (AvgIpc) is 3.30. The number of benzene rings is 1. The summed E-state index contributed by atoms with van der Waals surface area (Å²) in [4.78, 5) is 2.62. The van der Waals surface area contributed by atoms with Crippen LogP contribution >= 0.6 is 15.9 Å². The van der Waals surface area contributed by atoms with E-state index in [1.165, 1.54) is 50.1 Å². The van der Waals surface area contributed by atoms with Crippen molar-refractivity contribution in [1.82, 2.24) is 4.90 Å². The number of ether oxygens (including phenoxy) is 2. The van der Waals surface area contributed by atoms with Crippen molar-refractivity contribution in [1.29, 1.82) is 0 Å². The molecule has 158 valence electrons. The number of halogens is 1. The molecule has 2 unspecified atom stereocenters. The molecule has 1 aromatic rings. The van der Waals surface area contributed by atoms with E-state index in [0.717, 1.165) is 40.0 Å². The smallest absolute Gasteiger partial charge is 0.166 e. The van der Waals surface area contributed by atoms with E-state index in [4.69, 9.17) is 9.47 Å². The van der Waals surface area contributed by atoms with Crippen LogP contribution in [0.5, 0.6) is 11.5 Å². The zero-order chi connectivity index (χ0) is 20.2. The molecular formula is C23H32BrN2O3+.